The summed E-state index contributed by atoms with van der Waals surface area (Å²) in [6.45, 7) is 11.3. The van der Waals surface area contributed by atoms with Crippen molar-refractivity contribution in [1.29, 1.82) is 0 Å². The van der Waals surface area contributed by atoms with Crippen molar-refractivity contribution in [3.8, 4) is 33.4 Å². The van der Waals surface area contributed by atoms with Crippen LogP contribution in [0.25, 0.3) is 33.4 Å². The van der Waals surface area contributed by atoms with E-state index in [0.29, 0.717) is 0 Å². The molecule has 4 aromatic rings. The van der Waals surface area contributed by atoms with Crippen LogP contribution in [0, 0.1) is 20.8 Å². The van der Waals surface area contributed by atoms with Gasteiger partial charge in [0.05, 0.1) is 0 Å². The molecule has 0 unspecified atom stereocenters. The number of hydrogen-bond acceptors (Lipinski definition) is 0. The van der Waals surface area contributed by atoms with Crippen molar-refractivity contribution >= 4 is 0 Å². The zero-order valence-electron chi connectivity index (χ0n) is 18.5. The monoisotopic (exact) mass is 388 g/mol. The Morgan fingerprint density at radius 1 is 0.500 bits per heavy atom. The standard InChI is InChI=1S/C30H28/c1-19-16-17-22(21(3)18-19)28-20(2)10-8-12-23(28)24-13-9-15-27-29(24)25-11-6-7-14-26(25)30(27,4)5/h6-18H,1-5H3. The highest BCUT2D eigenvalue weighted by Crippen LogP contribution is 2.53. The van der Waals surface area contributed by atoms with Crippen molar-refractivity contribution < 1.29 is 0 Å². The minimum atomic E-state index is 0.0195. The molecule has 5 rings (SSSR count). The summed E-state index contributed by atoms with van der Waals surface area (Å²) < 4.78 is 0. The van der Waals surface area contributed by atoms with E-state index in [1.165, 1.54) is 61.2 Å². The maximum Gasteiger partial charge on any atom is 0.0159 e. The summed E-state index contributed by atoms with van der Waals surface area (Å²) in [4.78, 5) is 0. The first-order valence-electron chi connectivity index (χ1n) is 10.8. The van der Waals surface area contributed by atoms with E-state index in [0.717, 1.165) is 0 Å². The van der Waals surface area contributed by atoms with E-state index in [4.69, 9.17) is 0 Å². The number of fused-ring (bicyclic) bond motifs is 3. The van der Waals surface area contributed by atoms with Crippen LogP contribution < -0.4 is 0 Å². The van der Waals surface area contributed by atoms with Crippen molar-refractivity contribution in [2.24, 2.45) is 0 Å². The van der Waals surface area contributed by atoms with Gasteiger partial charge in [-0.25, -0.2) is 0 Å². The van der Waals surface area contributed by atoms with Crippen LogP contribution >= 0.6 is 0 Å². The molecule has 0 spiro atoms. The molecule has 0 saturated carbocycles. The van der Waals surface area contributed by atoms with Crippen LogP contribution in [0.4, 0.5) is 0 Å². The smallest absolute Gasteiger partial charge is 0.0159 e. The average molecular weight is 389 g/mol. The zero-order valence-corrected chi connectivity index (χ0v) is 18.5. The first kappa shape index (κ1) is 18.9. The van der Waals surface area contributed by atoms with Gasteiger partial charge < -0.3 is 0 Å². The third kappa shape index (κ3) is 2.67. The largest absolute Gasteiger partial charge is 0.0619 e. The van der Waals surface area contributed by atoms with Crippen molar-refractivity contribution in [3.05, 3.63) is 107 Å². The summed E-state index contributed by atoms with van der Waals surface area (Å²) in [5.41, 5.74) is 15.0. The van der Waals surface area contributed by atoms with Crippen LogP contribution in [-0.2, 0) is 5.41 Å². The average Bonchev–Trinajstić information content (AvgIpc) is 2.96. The molecule has 4 aromatic carbocycles. The fraction of sp³-hybridized carbons (Fsp3) is 0.200. The van der Waals surface area contributed by atoms with Gasteiger partial charge in [0.15, 0.2) is 0 Å². The molecule has 1 aliphatic carbocycles. The molecule has 0 saturated heterocycles. The van der Waals surface area contributed by atoms with E-state index in [2.05, 4.69) is 113 Å². The maximum absolute atomic E-state index is 2.35. The van der Waals surface area contributed by atoms with Crippen molar-refractivity contribution in [1.82, 2.24) is 0 Å². The van der Waals surface area contributed by atoms with Gasteiger partial charge in [-0.3, -0.25) is 0 Å². The Balaban J connectivity index is 1.85. The number of aryl methyl sites for hydroxylation is 3. The van der Waals surface area contributed by atoms with Gasteiger partial charge in [-0.15, -0.1) is 0 Å². The van der Waals surface area contributed by atoms with Crippen LogP contribution in [0.15, 0.2) is 78.9 Å². The van der Waals surface area contributed by atoms with Crippen LogP contribution in [0.2, 0.25) is 0 Å². The van der Waals surface area contributed by atoms with E-state index in [1.54, 1.807) is 0 Å². The van der Waals surface area contributed by atoms with E-state index in [1.807, 2.05) is 0 Å². The first-order chi connectivity index (χ1) is 14.4. The van der Waals surface area contributed by atoms with Crippen LogP contribution in [0.3, 0.4) is 0 Å². The lowest BCUT2D eigenvalue weighted by atomic mass is 9.81. The van der Waals surface area contributed by atoms with Crippen molar-refractivity contribution in [2.45, 2.75) is 40.0 Å². The Morgan fingerprint density at radius 3 is 1.90 bits per heavy atom. The van der Waals surface area contributed by atoms with Crippen molar-refractivity contribution in [2.75, 3.05) is 0 Å². The Kier molecular flexibility index (Phi) is 4.22. The third-order valence-corrected chi connectivity index (χ3v) is 6.82. The number of hydrogen-bond donors (Lipinski definition) is 0. The van der Waals surface area contributed by atoms with E-state index in [-0.39, 0.29) is 5.41 Å². The molecule has 0 aliphatic heterocycles. The molecule has 0 amide bonds. The molecule has 0 fully saturated rings. The SMILES string of the molecule is Cc1ccc(-c2c(C)cccc2-c2cccc3c2-c2ccccc2C3(C)C)c(C)c1. The van der Waals surface area contributed by atoms with Gasteiger partial charge in [-0.2, -0.15) is 0 Å². The van der Waals surface area contributed by atoms with Gasteiger partial charge in [0, 0.05) is 5.41 Å². The van der Waals surface area contributed by atoms with E-state index < -0.39 is 0 Å². The van der Waals surface area contributed by atoms with Gasteiger partial charge >= 0.3 is 0 Å². The molecule has 1 aliphatic rings. The summed E-state index contributed by atoms with van der Waals surface area (Å²) >= 11 is 0. The minimum absolute atomic E-state index is 0.0195. The molecule has 148 valence electrons. The van der Waals surface area contributed by atoms with Crippen LogP contribution in [0.1, 0.15) is 41.7 Å². The highest BCUT2D eigenvalue weighted by atomic mass is 14.4. The van der Waals surface area contributed by atoms with Gasteiger partial charge in [-0.05, 0) is 76.4 Å². The highest BCUT2D eigenvalue weighted by Gasteiger charge is 2.36. The van der Waals surface area contributed by atoms with E-state index >= 15 is 0 Å². The second-order valence-electron chi connectivity index (χ2n) is 9.21. The Morgan fingerprint density at radius 2 is 1.13 bits per heavy atom. The normalized spacial score (nSPS) is 13.8. The Hall–Kier alpha value is -3.12. The fourth-order valence-electron chi connectivity index (χ4n) is 5.32. The second-order valence-corrected chi connectivity index (χ2v) is 9.21. The zero-order chi connectivity index (χ0) is 21.0. The first-order valence-corrected chi connectivity index (χ1v) is 10.8. The van der Waals surface area contributed by atoms with Gasteiger partial charge in [0.2, 0.25) is 0 Å². The highest BCUT2D eigenvalue weighted by molar-refractivity contribution is 5.97. The predicted molar refractivity (Wildman–Crippen MR) is 129 cm³/mol. The molecule has 0 bridgehead atoms. The molecule has 0 radical (unpaired) electrons. The molecule has 0 nitrogen and oxygen atoms in total. The summed E-state index contributed by atoms with van der Waals surface area (Å²) in [6.07, 6.45) is 0. The lowest BCUT2D eigenvalue weighted by molar-refractivity contribution is 0.660. The Bertz CT molecular complexity index is 1290. The topological polar surface area (TPSA) is 0 Å². The molecule has 0 N–H and O–H groups in total. The third-order valence-electron chi connectivity index (χ3n) is 6.82. The van der Waals surface area contributed by atoms with Gasteiger partial charge in [0.25, 0.3) is 0 Å². The summed E-state index contributed by atoms with van der Waals surface area (Å²) in [5.74, 6) is 0. The van der Waals surface area contributed by atoms with Crippen LogP contribution in [-0.4, -0.2) is 0 Å². The summed E-state index contributed by atoms with van der Waals surface area (Å²) in [6, 6.07) is 29.3. The molecular weight excluding hydrogens is 360 g/mol. The molecule has 30 heavy (non-hydrogen) atoms. The Labute approximate surface area is 180 Å². The van der Waals surface area contributed by atoms with E-state index in [9.17, 15) is 0 Å². The number of benzene rings is 4. The lowest BCUT2D eigenvalue weighted by Crippen LogP contribution is -2.14. The number of rotatable bonds is 2. The molecule has 0 heterocycles. The molecular formula is C30H28. The molecule has 0 atom stereocenters. The summed E-state index contributed by atoms with van der Waals surface area (Å²) in [7, 11) is 0. The molecule has 0 heteroatoms. The lowest BCUT2D eigenvalue weighted by Gasteiger charge is -2.22. The van der Waals surface area contributed by atoms with Gasteiger partial charge in [-0.1, -0.05) is 98.3 Å². The quantitative estimate of drug-likeness (QED) is 0.324. The maximum atomic E-state index is 2.35. The summed E-state index contributed by atoms with van der Waals surface area (Å²) in [5, 5.41) is 0. The van der Waals surface area contributed by atoms with Crippen molar-refractivity contribution in [3.63, 3.8) is 0 Å². The molecule has 0 aromatic heterocycles. The predicted octanol–water partition coefficient (Wildman–Crippen LogP) is 8.25. The van der Waals surface area contributed by atoms with Crippen LogP contribution in [0.5, 0.6) is 0 Å². The minimum Gasteiger partial charge on any atom is -0.0619 e. The van der Waals surface area contributed by atoms with Gasteiger partial charge in [0.1, 0.15) is 0 Å². The second kappa shape index (κ2) is 6.71. The fourth-order valence-corrected chi connectivity index (χ4v) is 5.32.